The molecule has 0 aromatic heterocycles. The van der Waals surface area contributed by atoms with Gasteiger partial charge in [0.15, 0.2) is 5.78 Å². The van der Waals surface area contributed by atoms with E-state index in [1.54, 1.807) is 6.92 Å². The minimum atomic E-state index is -1.20. The number of carbonyl (C=O) groups is 1. The standard InChI is InChI=1S/C32H54O4/c1-20(33)32(35)19-18-28(6)23(26(32,2)3)13-16-30(8)24(28)11-10-21-22(12-15-29(21,30)7)31(9)17-14-25(36-31)27(4,5)34/h21-25,34-35H,10-19H2,1-9H3/t21-,22+,23?,24-,25-,28+,29+,30-,31+,32-/m1/s1. The van der Waals surface area contributed by atoms with E-state index < -0.39 is 16.6 Å². The maximum Gasteiger partial charge on any atom is 0.161 e. The molecule has 5 aliphatic rings. The largest absolute Gasteiger partial charge is 0.388 e. The van der Waals surface area contributed by atoms with Crippen molar-refractivity contribution in [3.8, 4) is 0 Å². The Kier molecular flexibility index (Phi) is 5.89. The molecule has 10 atom stereocenters. The fourth-order valence-corrected chi connectivity index (χ4v) is 11.7. The molecular weight excluding hydrogens is 448 g/mol. The van der Waals surface area contributed by atoms with E-state index in [9.17, 15) is 15.0 Å². The smallest absolute Gasteiger partial charge is 0.161 e. The van der Waals surface area contributed by atoms with E-state index in [2.05, 4.69) is 41.5 Å². The van der Waals surface area contributed by atoms with E-state index in [0.717, 1.165) is 25.7 Å². The van der Waals surface area contributed by atoms with Crippen LogP contribution < -0.4 is 0 Å². The molecule has 2 N–H and O–H groups in total. The van der Waals surface area contributed by atoms with E-state index in [1.807, 2.05) is 13.8 Å². The quantitative estimate of drug-likeness (QED) is 0.451. The second-order valence-electron chi connectivity index (χ2n) is 16.1. The summed E-state index contributed by atoms with van der Waals surface area (Å²) in [6, 6.07) is 0. The summed E-state index contributed by atoms with van der Waals surface area (Å²) in [4.78, 5) is 12.7. The van der Waals surface area contributed by atoms with Gasteiger partial charge in [0.1, 0.15) is 5.60 Å². The predicted octanol–water partition coefficient (Wildman–Crippen LogP) is 6.70. The fraction of sp³-hybridized carbons (Fsp3) is 0.969. The number of hydrogen-bond acceptors (Lipinski definition) is 4. The molecule has 5 fully saturated rings. The summed E-state index contributed by atoms with van der Waals surface area (Å²) in [5.41, 5.74) is -1.82. The first-order valence-electron chi connectivity index (χ1n) is 15.0. The lowest BCUT2D eigenvalue weighted by atomic mass is 9.34. The third-order valence-corrected chi connectivity index (χ3v) is 14.1. The molecule has 206 valence electrons. The van der Waals surface area contributed by atoms with Crippen LogP contribution in [-0.2, 0) is 9.53 Å². The Labute approximate surface area is 220 Å². The molecule has 0 spiro atoms. The number of aliphatic hydroxyl groups is 2. The van der Waals surface area contributed by atoms with E-state index >= 15 is 0 Å². The van der Waals surface area contributed by atoms with Crippen LogP contribution in [0.15, 0.2) is 0 Å². The molecule has 0 amide bonds. The lowest BCUT2D eigenvalue weighted by Gasteiger charge is -2.71. The zero-order valence-electron chi connectivity index (χ0n) is 24.7. The van der Waals surface area contributed by atoms with Crippen molar-refractivity contribution in [2.45, 2.75) is 149 Å². The predicted molar refractivity (Wildman–Crippen MR) is 143 cm³/mol. The van der Waals surface area contributed by atoms with Gasteiger partial charge in [-0.3, -0.25) is 4.79 Å². The minimum Gasteiger partial charge on any atom is -0.388 e. The van der Waals surface area contributed by atoms with E-state index in [1.165, 1.54) is 32.1 Å². The topological polar surface area (TPSA) is 66.8 Å². The lowest BCUT2D eigenvalue weighted by molar-refractivity contribution is -0.245. The summed E-state index contributed by atoms with van der Waals surface area (Å²) in [5, 5.41) is 22.2. The van der Waals surface area contributed by atoms with Gasteiger partial charge in [-0.25, -0.2) is 0 Å². The molecule has 4 heteroatoms. The van der Waals surface area contributed by atoms with Crippen molar-refractivity contribution in [1.29, 1.82) is 0 Å². The van der Waals surface area contributed by atoms with Crippen LogP contribution in [0.2, 0.25) is 0 Å². The first-order valence-corrected chi connectivity index (χ1v) is 15.0. The number of ether oxygens (including phenoxy) is 1. The molecule has 1 saturated heterocycles. The highest BCUT2D eigenvalue weighted by atomic mass is 16.5. The van der Waals surface area contributed by atoms with Crippen LogP contribution in [-0.4, -0.2) is 38.9 Å². The van der Waals surface area contributed by atoms with Crippen LogP contribution >= 0.6 is 0 Å². The molecule has 1 unspecified atom stereocenters. The lowest BCUT2D eigenvalue weighted by Crippen LogP contribution is -2.68. The molecule has 4 saturated carbocycles. The summed E-state index contributed by atoms with van der Waals surface area (Å²) < 4.78 is 6.73. The molecule has 0 aromatic rings. The van der Waals surface area contributed by atoms with Gasteiger partial charge in [0, 0.05) is 5.41 Å². The van der Waals surface area contributed by atoms with Gasteiger partial charge in [-0.2, -0.15) is 0 Å². The number of Topliss-reactive ketones (excluding diaryl/α,β-unsaturated/α-hetero) is 1. The second-order valence-corrected chi connectivity index (χ2v) is 16.1. The summed E-state index contributed by atoms with van der Waals surface area (Å²) in [7, 11) is 0. The monoisotopic (exact) mass is 502 g/mol. The molecule has 0 radical (unpaired) electrons. The Hall–Kier alpha value is -0.450. The van der Waals surface area contributed by atoms with Crippen LogP contribution in [0.5, 0.6) is 0 Å². The number of carbonyl (C=O) groups excluding carboxylic acids is 1. The molecule has 4 nitrogen and oxygen atoms in total. The van der Waals surface area contributed by atoms with Gasteiger partial charge in [0.25, 0.3) is 0 Å². The number of ketones is 1. The Morgan fingerprint density at radius 2 is 1.42 bits per heavy atom. The number of rotatable bonds is 3. The van der Waals surface area contributed by atoms with Gasteiger partial charge >= 0.3 is 0 Å². The van der Waals surface area contributed by atoms with Gasteiger partial charge in [-0.05, 0) is 132 Å². The summed E-state index contributed by atoms with van der Waals surface area (Å²) in [6.07, 6.45) is 10.8. The highest BCUT2D eigenvalue weighted by Crippen LogP contribution is 2.76. The highest BCUT2D eigenvalue weighted by Gasteiger charge is 2.71. The highest BCUT2D eigenvalue weighted by molar-refractivity contribution is 5.86. The Morgan fingerprint density at radius 1 is 0.778 bits per heavy atom. The van der Waals surface area contributed by atoms with Crippen molar-refractivity contribution in [2.24, 2.45) is 45.3 Å². The first-order chi connectivity index (χ1) is 16.4. The van der Waals surface area contributed by atoms with E-state index in [4.69, 9.17) is 4.74 Å². The second kappa shape index (κ2) is 7.81. The zero-order valence-corrected chi connectivity index (χ0v) is 24.7. The van der Waals surface area contributed by atoms with Gasteiger partial charge in [-0.15, -0.1) is 0 Å². The normalized spacial score (nSPS) is 54.5. The van der Waals surface area contributed by atoms with Crippen molar-refractivity contribution in [1.82, 2.24) is 0 Å². The van der Waals surface area contributed by atoms with Gasteiger partial charge in [-0.1, -0.05) is 34.6 Å². The maximum atomic E-state index is 12.7. The van der Waals surface area contributed by atoms with Crippen molar-refractivity contribution in [3.05, 3.63) is 0 Å². The first kappa shape index (κ1) is 27.1. The van der Waals surface area contributed by atoms with Crippen molar-refractivity contribution < 1.29 is 19.7 Å². The van der Waals surface area contributed by atoms with Gasteiger partial charge in [0.2, 0.25) is 0 Å². The van der Waals surface area contributed by atoms with Crippen molar-refractivity contribution in [2.75, 3.05) is 0 Å². The molecule has 4 aliphatic carbocycles. The van der Waals surface area contributed by atoms with Crippen LogP contribution in [0.25, 0.3) is 0 Å². The Balaban J connectivity index is 1.45. The van der Waals surface area contributed by atoms with Gasteiger partial charge in [0.05, 0.1) is 17.3 Å². The molecule has 0 aromatic carbocycles. The third kappa shape index (κ3) is 3.25. The van der Waals surface area contributed by atoms with Gasteiger partial charge < -0.3 is 14.9 Å². The fourth-order valence-electron chi connectivity index (χ4n) is 11.7. The molecule has 0 bridgehead atoms. The van der Waals surface area contributed by atoms with Crippen LogP contribution in [0.3, 0.4) is 0 Å². The van der Waals surface area contributed by atoms with Crippen molar-refractivity contribution >= 4 is 5.78 Å². The molecule has 1 aliphatic heterocycles. The summed E-state index contributed by atoms with van der Waals surface area (Å²) >= 11 is 0. The average Bonchev–Trinajstić information content (AvgIpc) is 3.33. The third-order valence-electron chi connectivity index (χ3n) is 14.1. The average molecular weight is 503 g/mol. The molecule has 1 heterocycles. The summed E-state index contributed by atoms with van der Waals surface area (Å²) in [5.74, 6) is 2.16. The van der Waals surface area contributed by atoms with E-state index in [0.29, 0.717) is 30.1 Å². The summed E-state index contributed by atoms with van der Waals surface area (Å²) in [6.45, 7) is 19.8. The maximum absolute atomic E-state index is 12.7. The number of hydrogen-bond donors (Lipinski definition) is 2. The Morgan fingerprint density at radius 3 is 2.00 bits per heavy atom. The number of fused-ring (bicyclic) bond motifs is 5. The zero-order chi connectivity index (χ0) is 26.7. The SMILES string of the molecule is CC(=O)[C@]1(O)CC[C@@]2(C)C(CC[C@]3(C)[C@@H]2CC[C@@H]2[C@@H]([C@]4(C)CC[C@H](C(C)(C)O)O4)CC[C@@]23C)C1(C)C. The minimum absolute atomic E-state index is 0.0497. The molecule has 36 heavy (non-hydrogen) atoms. The molecular formula is C32H54O4. The Bertz CT molecular complexity index is 920. The molecule has 5 rings (SSSR count). The van der Waals surface area contributed by atoms with Crippen molar-refractivity contribution in [3.63, 3.8) is 0 Å². The van der Waals surface area contributed by atoms with Crippen LogP contribution in [0, 0.1) is 45.3 Å². The van der Waals surface area contributed by atoms with Crippen LogP contribution in [0.4, 0.5) is 0 Å². The van der Waals surface area contributed by atoms with Crippen LogP contribution in [0.1, 0.15) is 127 Å². The van der Waals surface area contributed by atoms with E-state index in [-0.39, 0.29) is 33.7 Å².